The van der Waals surface area contributed by atoms with Gasteiger partial charge in [-0.05, 0) is 74.7 Å². The third kappa shape index (κ3) is 7.55. The first kappa shape index (κ1) is 31.0. The van der Waals surface area contributed by atoms with Gasteiger partial charge in [0.15, 0.2) is 0 Å². The third-order valence-electron chi connectivity index (χ3n) is 6.36. The number of amides is 2. The minimum atomic E-state index is -4.16. The largest absolute Gasteiger partial charge is 0.497 e. The molecule has 8 nitrogen and oxygen atoms in total. The number of carbonyl (C=O) groups is 2. The van der Waals surface area contributed by atoms with E-state index in [-0.39, 0.29) is 29.1 Å². The number of halogens is 1. The van der Waals surface area contributed by atoms with E-state index in [4.69, 9.17) is 16.3 Å². The molecule has 0 aromatic heterocycles. The highest BCUT2D eigenvalue weighted by Crippen LogP contribution is 2.29. The first-order valence-corrected chi connectivity index (χ1v) is 14.9. The van der Waals surface area contributed by atoms with Gasteiger partial charge >= 0.3 is 0 Å². The number of ether oxygens (including phenoxy) is 1. The summed E-state index contributed by atoms with van der Waals surface area (Å²) in [5, 5.41) is 3.26. The molecule has 214 valence electrons. The Morgan fingerprint density at radius 2 is 1.70 bits per heavy atom. The maximum atomic E-state index is 14.1. The quantitative estimate of drug-likeness (QED) is 0.316. The molecule has 0 saturated carbocycles. The van der Waals surface area contributed by atoms with Crippen molar-refractivity contribution >= 4 is 39.1 Å². The summed E-state index contributed by atoms with van der Waals surface area (Å²) >= 11 is 6.37. The predicted octanol–water partition coefficient (Wildman–Crippen LogP) is 5.18. The number of sulfonamides is 1. The smallest absolute Gasteiger partial charge is 0.264 e. The van der Waals surface area contributed by atoms with Crippen molar-refractivity contribution in [2.75, 3.05) is 18.0 Å². The van der Waals surface area contributed by atoms with Gasteiger partial charge in [0.1, 0.15) is 18.3 Å². The van der Waals surface area contributed by atoms with Crippen molar-refractivity contribution in [2.45, 2.75) is 57.6 Å². The van der Waals surface area contributed by atoms with Crippen LogP contribution in [0.25, 0.3) is 0 Å². The van der Waals surface area contributed by atoms with Crippen LogP contribution >= 0.6 is 11.6 Å². The van der Waals surface area contributed by atoms with Gasteiger partial charge in [-0.1, -0.05) is 54.9 Å². The average molecular weight is 586 g/mol. The maximum absolute atomic E-state index is 14.1. The molecule has 0 radical (unpaired) electrons. The summed E-state index contributed by atoms with van der Waals surface area (Å²) in [6, 6.07) is 19.0. The molecular weight excluding hydrogens is 550 g/mol. The number of hydrogen-bond donors (Lipinski definition) is 1. The second kappa shape index (κ2) is 13.7. The lowest BCUT2D eigenvalue weighted by molar-refractivity contribution is -0.140. The van der Waals surface area contributed by atoms with E-state index >= 15 is 0 Å². The number of aryl methyl sites for hydroxylation is 1. The zero-order chi connectivity index (χ0) is 29.4. The summed E-state index contributed by atoms with van der Waals surface area (Å²) in [7, 11) is -2.61. The van der Waals surface area contributed by atoms with Crippen molar-refractivity contribution in [3.05, 3.63) is 88.9 Å². The zero-order valence-corrected chi connectivity index (χ0v) is 25.0. The SMILES string of the molecule is CCC(C(=O)NC(C)C)N(Cc1cccc(OC)c1)C(=O)CN(c1ccc(C)c(Cl)c1)S(=O)(=O)c1ccccc1. The van der Waals surface area contributed by atoms with E-state index in [1.807, 2.05) is 33.8 Å². The number of carbonyl (C=O) groups excluding carboxylic acids is 2. The van der Waals surface area contributed by atoms with Crippen molar-refractivity contribution in [2.24, 2.45) is 0 Å². The Morgan fingerprint density at radius 3 is 2.30 bits per heavy atom. The van der Waals surface area contributed by atoms with E-state index in [0.29, 0.717) is 17.2 Å². The van der Waals surface area contributed by atoms with Crippen LogP contribution in [-0.4, -0.2) is 50.9 Å². The van der Waals surface area contributed by atoms with Crippen LogP contribution < -0.4 is 14.4 Å². The fraction of sp³-hybridized carbons (Fsp3) is 0.333. The molecule has 10 heteroatoms. The van der Waals surface area contributed by atoms with Crippen molar-refractivity contribution in [1.29, 1.82) is 0 Å². The van der Waals surface area contributed by atoms with Gasteiger partial charge in [-0.3, -0.25) is 13.9 Å². The molecule has 0 aliphatic rings. The molecule has 3 rings (SSSR count). The van der Waals surface area contributed by atoms with Crippen LogP contribution in [0.15, 0.2) is 77.7 Å². The fourth-order valence-electron chi connectivity index (χ4n) is 4.25. The molecule has 40 heavy (non-hydrogen) atoms. The van der Waals surface area contributed by atoms with E-state index in [9.17, 15) is 18.0 Å². The Hall–Kier alpha value is -3.56. The number of hydrogen-bond acceptors (Lipinski definition) is 5. The number of rotatable bonds is 12. The van der Waals surface area contributed by atoms with Crippen LogP contribution in [0.4, 0.5) is 5.69 Å². The molecule has 0 fully saturated rings. The fourth-order valence-corrected chi connectivity index (χ4v) is 5.85. The number of benzene rings is 3. The minimum Gasteiger partial charge on any atom is -0.497 e. The predicted molar refractivity (Wildman–Crippen MR) is 158 cm³/mol. The standard InChI is InChI=1S/C30H36ClN3O5S/c1-6-28(30(36)32-21(2)3)33(19-23-11-10-12-25(17-23)39-5)29(35)20-34(24-16-15-22(4)27(31)18-24)40(37,38)26-13-8-7-9-14-26/h7-18,21,28H,6,19-20H2,1-5H3,(H,32,36). The summed E-state index contributed by atoms with van der Waals surface area (Å²) in [6.45, 7) is 6.85. The first-order chi connectivity index (χ1) is 19.0. The number of nitrogens with zero attached hydrogens (tertiary/aromatic N) is 2. The van der Waals surface area contributed by atoms with Gasteiger partial charge in [0.25, 0.3) is 10.0 Å². The lowest BCUT2D eigenvalue weighted by Crippen LogP contribution is -2.53. The molecular formula is C30H36ClN3O5S. The molecule has 1 unspecified atom stereocenters. The van der Waals surface area contributed by atoms with Crippen LogP contribution in [0.1, 0.15) is 38.3 Å². The van der Waals surface area contributed by atoms with Crippen molar-refractivity contribution in [3.8, 4) is 5.75 Å². The van der Waals surface area contributed by atoms with Crippen LogP contribution in [0.3, 0.4) is 0 Å². The van der Waals surface area contributed by atoms with Crippen LogP contribution in [0, 0.1) is 6.92 Å². The van der Waals surface area contributed by atoms with Gasteiger partial charge in [0, 0.05) is 17.6 Å². The molecule has 0 saturated heterocycles. The normalized spacial score (nSPS) is 12.1. The summed E-state index contributed by atoms with van der Waals surface area (Å²) < 4.78 is 34.1. The van der Waals surface area contributed by atoms with Crippen molar-refractivity contribution in [1.82, 2.24) is 10.2 Å². The highest BCUT2D eigenvalue weighted by atomic mass is 35.5. The number of methoxy groups -OCH3 is 1. The number of nitrogens with one attached hydrogen (secondary N) is 1. The summed E-state index contributed by atoms with van der Waals surface area (Å²) in [6.07, 6.45) is 0.329. The van der Waals surface area contributed by atoms with E-state index < -0.39 is 28.5 Å². The molecule has 1 atom stereocenters. The average Bonchev–Trinajstić information content (AvgIpc) is 2.93. The molecule has 0 heterocycles. The van der Waals surface area contributed by atoms with Gasteiger partial charge in [-0.2, -0.15) is 0 Å². The van der Waals surface area contributed by atoms with Gasteiger partial charge in [0.2, 0.25) is 11.8 Å². The summed E-state index contributed by atoms with van der Waals surface area (Å²) in [4.78, 5) is 28.8. The lowest BCUT2D eigenvalue weighted by atomic mass is 10.1. The van der Waals surface area contributed by atoms with Crippen molar-refractivity contribution < 1.29 is 22.7 Å². The van der Waals surface area contributed by atoms with Gasteiger partial charge < -0.3 is 15.0 Å². The Kier molecular flexibility index (Phi) is 10.6. The minimum absolute atomic E-state index is 0.0310. The highest BCUT2D eigenvalue weighted by Gasteiger charge is 2.34. The topological polar surface area (TPSA) is 96.0 Å². The second-order valence-corrected chi connectivity index (χ2v) is 12.0. The van der Waals surface area contributed by atoms with Gasteiger partial charge in [-0.25, -0.2) is 8.42 Å². The van der Waals surface area contributed by atoms with Crippen LogP contribution in [0.2, 0.25) is 5.02 Å². The first-order valence-electron chi connectivity index (χ1n) is 13.0. The second-order valence-electron chi connectivity index (χ2n) is 9.72. The summed E-state index contributed by atoms with van der Waals surface area (Å²) in [5.41, 5.74) is 1.75. The highest BCUT2D eigenvalue weighted by molar-refractivity contribution is 7.92. The monoisotopic (exact) mass is 585 g/mol. The third-order valence-corrected chi connectivity index (χ3v) is 8.55. The van der Waals surface area contributed by atoms with Crippen LogP contribution in [0.5, 0.6) is 5.75 Å². The van der Waals surface area contributed by atoms with Gasteiger partial charge in [0.05, 0.1) is 17.7 Å². The molecule has 1 N–H and O–H groups in total. The summed E-state index contributed by atoms with van der Waals surface area (Å²) in [5.74, 6) is -0.249. The molecule has 0 aliphatic carbocycles. The Bertz CT molecular complexity index is 1430. The molecule has 3 aromatic carbocycles. The molecule has 0 aliphatic heterocycles. The Morgan fingerprint density at radius 1 is 1.00 bits per heavy atom. The Balaban J connectivity index is 2.08. The van der Waals surface area contributed by atoms with E-state index in [1.165, 1.54) is 23.1 Å². The lowest BCUT2D eigenvalue weighted by Gasteiger charge is -2.33. The van der Waals surface area contributed by atoms with E-state index in [0.717, 1.165) is 15.4 Å². The van der Waals surface area contributed by atoms with Crippen LogP contribution in [-0.2, 0) is 26.2 Å². The number of anilines is 1. The zero-order valence-electron chi connectivity index (χ0n) is 23.4. The Labute approximate surface area is 241 Å². The molecule has 2 amide bonds. The van der Waals surface area contributed by atoms with Gasteiger partial charge in [-0.15, -0.1) is 0 Å². The van der Waals surface area contributed by atoms with E-state index in [1.54, 1.807) is 55.6 Å². The molecule has 0 bridgehead atoms. The molecule has 3 aromatic rings. The van der Waals surface area contributed by atoms with Crippen molar-refractivity contribution in [3.63, 3.8) is 0 Å². The molecule has 0 spiro atoms. The van der Waals surface area contributed by atoms with E-state index in [2.05, 4.69) is 5.32 Å². The maximum Gasteiger partial charge on any atom is 0.264 e.